The van der Waals surface area contributed by atoms with Crippen molar-refractivity contribution in [3.63, 3.8) is 0 Å². The zero-order valence-electron chi connectivity index (χ0n) is 25.2. The van der Waals surface area contributed by atoms with Crippen molar-refractivity contribution in [1.29, 1.82) is 0 Å². The molecule has 1 aromatic carbocycles. The summed E-state index contributed by atoms with van der Waals surface area (Å²) >= 11 is 0. The second-order valence-corrected chi connectivity index (χ2v) is 11.6. The first-order valence-electron chi connectivity index (χ1n) is 14.8. The predicted octanol–water partition coefficient (Wildman–Crippen LogP) is 6.85. The molecule has 0 spiro atoms. The number of halogens is 9. The standard InChI is InChI=1S/C29H35F9N8/c1-3-45(15-19-6-4-18(5-7-19)8-9-39)25-21(12-24(14-40-25)29(36,37)38)17-46(26-41-43-44(2)42-26)16-20-10-22(27(30,31)32)13-23(11-20)28(33,34)35/h10-14,18-19H,3-9,15-17,39H2,1-2H3. The number of aromatic nitrogens is 5. The third kappa shape index (κ3) is 9.00. The quantitative estimate of drug-likeness (QED) is 0.224. The Bertz CT molecular complexity index is 1410. The summed E-state index contributed by atoms with van der Waals surface area (Å²) in [5.74, 6) is 0.777. The topological polar surface area (TPSA) is 89.0 Å². The summed E-state index contributed by atoms with van der Waals surface area (Å²) in [6.07, 6.45) is -9.52. The normalized spacial score (nSPS) is 17.7. The van der Waals surface area contributed by atoms with Gasteiger partial charge in [0.25, 0.3) is 5.95 Å². The molecule has 254 valence electrons. The average molecular weight is 667 g/mol. The Kier molecular flexibility index (Phi) is 10.7. The molecule has 2 heterocycles. The van der Waals surface area contributed by atoms with E-state index in [1.807, 2.05) is 11.8 Å². The van der Waals surface area contributed by atoms with Gasteiger partial charge in [-0.2, -0.15) is 44.3 Å². The maximum Gasteiger partial charge on any atom is 0.417 e. The van der Waals surface area contributed by atoms with Crippen molar-refractivity contribution in [3.05, 3.63) is 58.3 Å². The molecule has 0 saturated heterocycles. The van der Waals surface area contributed by atoms with Gasteiger partial charge in [0, 0.05) is 37.9 Å². The van der Waals surface area contributed by atoms with Crippen LogP contribution in [-0.2, 0) is 38.7 Å². The first kappa shape index (κ1) is 35.2. The first-order valence-corrected chi connectivity index (χ1v) is 14.8. The van der Waals surface area contributed by atoms with Gasteiger partial charge in [-0.05, 0) is 79.6 Å². The minimum absolute atomic E-state index is 0.00582. The number of nitrogens with zero attached hydrogens (tertiary/aromatic N) is 7. The zero-order chi connectivity index (χ0) is 33.9. The molecule has 1 aliphatic rings. The number of anilines is 2. The van der Waals surface area contributed by atoms with Crippen LogP contribution >= 0.6 is 0 Å². The minimum atomic E-state index is -5.09. The van der Waals surface area contributed by atoms with Crippen LogP contribution in [0.3, 0.4) is 0 Å². The van der Waals surface area contributed by atoms with E-state index in [1.165, 1.54) is 11.9 Å². The van der Waals surface area contributed by atoms with Crippen LogP contribution in [0.4, 0.5) is 51.3 Å². The zero-order valence-corrected chi connectivity index (χ0v) is 25.2. The number of pyridine rings is 1. The Balaban J connectivity index is 1.73. The molecule has 3 aromatic rings. The second-order valence-electron chi connectivity index (χ2n) is 11.6. The molecule has 0 aliphatic heterocycles. The number of tetrazole rings is 1. The fourth-order valence-electron chi connectivity index (χ4n) is 5.81. The predicted molar refractivity (Wildman–Crippen MR) is 151 cm³/mol. The number of aryl methyl sites for hydroxylation is 1. The lowest BCUT2D eigenvalue weighted by Gasteiger charge is -2.34. The largest absolute Gasteiger partial charge is 0.417 e. The molecule has 1 saturated carbocycles. The summed E-state index contributed by atoms with van der Waals surface area (Å²) in [7, 11) is 1.39. The SMILES string of the molecule is CCN(CC1CCC(CCN)CC1)c1ncc(C(F)(F)F)cc1CN(Cc1cc(C(F)(F)F)cc(C(F)(F)F)c1)c1nnn(C)n1. The van der Waals surface area contributed by atoms with E-state index < -0.39 is 53.9 Å². The lowest BCUT2D eigenvalue weighted by molar-refractivity contribution is -0.143. The van der Waals surface area contributed by atoms with Gasteiger partial charge in [0.1, 0.15) is 5.82 Å². The fraction of sp³-hybridized carbons (Fsp3) is 0.586. The molecule has 0 unspecified atom stereocenters. The molecule has 17 heteroatoms. The number of alkyl halides is 9. The molecule has 46 heavy (non-hydrogen) atoms. The summed E-state index contributed by atoms with van der Waals surface area (Å²) in [5, 5.41) is 11.6. The number of benzene rings is 1. The van der Waals surface area contributed by atoms with Crippen LogP contribution in [0.1, 0.15) is 66.8 Å². The molecular weight excluding hydrogens is 631 g/mol. The van der Waals surface area contributed by atoms with Crippen molar-refractivity contribution in [2.75, 3.05) is 29.4 Å². The van der Waals surface area contributed by atoms with Gasteiger partial charge in [-0.15, -0.1) is 5.10 Å². The number of hydrogen-bond donors (Lipinski definition) is 1. The van der Waals surface area contributed by atoms with E-state index >= 15 is 0 Å². The van der Waals surface area contributed by atoms with E-state index in [0.29, 0.717) is 43.9 Å². The van der Waals surface area contributed by atoms with Crippen molar-refractivity contribution in [2.45, 2.75) is 70.6 Å². The van der Waals surface area contributed by atoms with Gasteiger partial charge in [-0.3, -0.25) is 0 Å². The Morgan fingerprint density at radius 3 is 1.89 bits per heavy atom. The molecule has 0 bridgehead atoms. The summed E-state index contributed by atoms with van der Waals surface area (Å²) in [5.41, 5.74) is 1.23. The van der Waals surface area contributed by atoms with Crippen LogP contribution in [-0.4, -0.2) is 44.8 Å². The highest BCUT2D eigenvalue weighted by molar-refractivity contribution is 5.51. The van der Waals surface area contributed by atoms with Gasteiger partial charge in [0.05, 0.1) is 23.7 Å². The van der Waals surface area contributed by atoms with Gasteiger partial charge >= 0.3 is 18.5 Å². The maximum absolute atomic E-state index is 13.9. The monoisotopic (exact) mass is 666 g/mol. The Labute approximate surface area is 259 Å². The number of hydrogen-bond acceptors (Lipinski definition) is 7. The van der Waals surface area contributed by atoms with Crippen LogP contribution < -0.4 is 15.5 Å². The van der Waals surface area contributed by atoms with E-state index in [4.69, 9.17) is 5.73 Å². The van der Waals surface area contributed by atoms with Gasteiger partial charge in [-0.1, -0.05) is 17.9 Å². The smallest absolute Gasteiger partial charge is 0.356 e. The minimum Gasteiger partial charge on any atom is -0.356 e. The van der Waals surface area contributed by atoms with Crippen molar-refractivity contribution < 1.29 is 39.5 Å². The molecule has 2 aromatic heterocycles. The highest BCUT2D eigenvalue weighted by atomic mass is 19.4. The van der Waals surface area contributed by atoms with E-state index in [-0.39, 0.29) is 29.3 Å². The van der Waals surface area contributed by atoms with E-state index in [2.05, 4.69) is 20.4 Å². The van der Waals surface area contributed by atoms with Gasteiger partial charge < -0.3 is 15.5 Å². The third-order valence-electron chi connectivity index (χ3n) is 8.13. The van der Waals surface area contributed by atoms with Crippen LogP contribution in [0, 0.1) is 11.8 Å². The summed E-state index contributed by atoms with van der Waals surface area (Å²) in [6, 6.07) is 2.01. The van der Waals surface area contributed by atoms with Crippen molar-refractivity contribution in [3.8, 4) is 0 Å². The van der Waals surface area contributed by atoms with E-state index in [9.17, 15) is 39.5 Å². The Morgan fingerprint density at radius 1 is 0.804 bits per heavy atom. The fourth-order valence-corrected chi connectivity index (χ4v) is 5.81. The highest BCUT2D eigenvalue weighted by Crippen LogP contribution is 2.38. The van der Waals surface area contributed by atoms with Gasteiger partial charge in [0.15, 0.2) is 0 Å². The lowest BCUT2D eigenvalue weighted by Crippen LogP contribution is -2.34. The van der Waals surface area contributed by atoms with Crippen molar-refractivity contribution >= 4 is 11.8 Å². The van der Waals surface area contributed by atoms with Crippen molar-refractivity contribution in [1.82, 2.24) is 25.2 Å². The molecule has 2 N–H and O–H groups in total. The van der Waals surface area contributed by atoms with Gasteiger partial charge in [0.2, 0.25) is 0 Å². The molecule has 0 atom stereocenters. The third-order valence-corrected chi connectivity index (χ3v) is 8.13. The second kappa shape index (κ2) is 14.0. The highest BCUT2D eigenvalue weighted by Gasteiger charge is 2.38. The molecule has 1 aliphatic carbocycles. The van der Waals surface area contributed by atoms with E-state index in [1.54, 1.807) is 0 Å². The van der Waals surface area contributed by atoms with Gasteiger partial charge in [-0.25, -0.2) is 4.98 Å². The number of nitrogens with two attached hydrogens (primary N) is 1. The molecule has 1 fully saturated rings. The average Bonchev–Trinajstić information content (AvgIpc) is 3.41. The Hall–Kier alpha value is -3.63. The molecule has 8 nitrogen and oxygen atoms in total. The Morgan fingerprint density at radius 2 is 1.39 bits per heavy atom. The van der Waals surface area contributed by atoms with E-state index in [0.717, 1.165) is 43.0 Å². The molecule has 4 rings (SSSR count). The molecule has 0 radical (unpaired) electrons. The van der Waals surface area contributed by atoms with Crippen LogP contribution in [0.15, 0.2) is 30.5 Å². The maximum atomic E-state index is 13.9. The summed E-state index contributed by atoms with van der Waals surface area (Å²) in [4.78, 5) is 8.22. The van der Waals surface area contributed by atoms with Crippen LogP contribution in [0.25, 0.3) is 0 Å². The lowest BCUT2D eigenvalue weighted by atomic mass is 9.80. The first-order chi connectivity index (χ1) is 21.5. The van der Waals surface area contributed by atoms with Crippen LogP contribution in [0.2, 0.25) is 0 Å². The summed E-state index contributed by atoms with van der Waals surface area (Å²) < 4.78 is 123. The van der Waals surface area contributed by atoms with Crippen molar-refractivity contribution in [2.24, 2.45) is 24.6 Å². The number of rotatable bonds is 11. The molecule has 0 amide bonds. The van der Waals surface area contributed by atoms with Crippen LogP contribution in [0.5, 0.6) is 0 Å². The molecular formula is C29H35F9N8. The summed E-state index contributed by atoms with van der Waals surface area (Å²) in [6.45, 7) is 2.29.